The molecule has 0 aliphatic carbocycles. The minimum Gasteiger partial charge on any atom is -0.382 e. The minimum atomic E-state index is 0.656. The third kappa shape index (κ3) is 4.78. The van der Waals surface area contributed by atoms with Crippen LogP contribution in [0.2, 0.25) is 0 Å². The molecule has 0 atom stereocenters. The molecule has 2 heteroatoms. The van der Waals surface area contributed by atoms with Gasteiger partial charge in [0.1, 0.15) is 0 Å². The van der Waals surface area contributed by atoms with Crippen LogP contribution in [-0.2, 0) is 0 Å². The second-order valence-corrected chi connectivity index (χ2v) is 4.59. The molecule has 1 aliphatic heterocycles. The summed E-state index contributed by atoms with van der Waals surface area (Å²) in [6, 6.07) is 9.29. The summed E-state index contributed by atoms with van der Waals surface area (Å²) in [4.78, 5) is 2.40. The van der Waals surface area contributed by atoms with Crippen molar-refractivity contribution in [1.29, 1.82) is 0 Å². The van der Waals surface area contributed by atoms with Gasteiger partial charge in [-0.1, -0.05) is 26.0 Å². The topological polar surface area (TPSA) is 15.3 Å². The van der Waals surface area contributed by atoms with Gasteiger partial charge in [-0.3, -0.25) is 0 Å². The molecule has 1 heterocycles. The summed E-state index contributed by atoms with van der Waals surface area (Å²) in [7, 11) is 2.20. The summed E-state index contributed by atoms with van der Waals surface area (Å²) >= 11 is 0. The number of nitrogens with one attached hydrogen (secondary N) is 1. The monoisotopic (exact) mass is 234 g/mol. The number of hydrogen-bond acceptors (Lipinski definition) is 2. The largest absolute Gasteiger partial charge is 0.382 e. The average molecular weight is 234 g/mol. The highest BCUT2D eigenvalue weighted by atomic mass is 15.1. The van der Waals surface area contributed by atoms with Crippen molar-refractivity contribution in [3.05, 3.63) is 29.8 Å². The number of hydrogen-bond donors (Lipinski definition) is 1. The zero-order chi connectivity index (χ0) is 12.7. The molecule has 1 aliphatic rings. The van der Waals surface area contributed by atoms with Crippen LogP contribution in [0, 0.1) is 6.92 Å². The maximum atomic E-state index is 3.62. The third-order valence-electron chi connectivity index (χ3n) is 3.11. The highest BCUT2D eigenvalue weighted by molar-refractivity contribution is 5.46. The zero-order valence-corrected chi connectivity index (χ0v) is 11.7. The fraction of sp³-hybridized carbons (Fsp3) is 0.600. The first-order valence-corrected chi connectivity index (χ1v) is 6.76. The van der Waals surface area contributed by atoms with E-state index in [0.717, 1.165) is 0 Å². The lowest BCUT2D eigenvalue weighted by Gasteiger charge is -2.30. The fourth-order valence-electron chi connectivity index (χ4n) is 2.12. The third-order valence-corrected chi connectivity index (χ3v) is 3.11. The van der Waals surface area contributed by atoms with Crippen LogP contribution in [0.1, 0.15) is 32.3 Å². The summed E-state index contributed by atoms with van der Waals surface area (Å²) in [6.07, 6.45) is 2.51. The van der Waals surface area contributed by atoms with Gasteiger partial charge in [0, 0.05) is 11.7 Å². The van der Waals surface area contributed by atoms with Gasteiger partial charge in [0.2, 0.25) is 0 Å². The second kappa shape index (κ2) is 7.33. The van der Waals surface area contributed by atoms with Gasteiger partial charge in [0.15, 0.2) is 0 Å². The Bertz CT molecular complexity index is 314. The van der Waals surface area contributed by atoms with E-state index in [9.17, 15) is 0 Å². The van der Waals surface area contributed by atoms with Crippen LogP contribution in [0.3, 0.4) is 0 Å². The highest BCUT2D eigenvalue weighted by Crippen LogP contribution is 2.16. The molecule has 17 heavy (non-hydrogen) atoms. The number of benzene rings is 1. The lowest BCUT2D eigenvalue weighted by molar-refractivity contribution is 0.264. The van der Waals surface area contributed by atoms with E-state index in [0.29, 0.717) is 6.04 Å². The fourth-order valence-corrected chi connectivity index (χ4v) is 2.12. The van der Waals surface area contributed by atoms with Crippen LogP contribution in [0.15, 0.2) is 24.3 Å². The Balaban J connectivity index is 0.000000686. The van der Waals surface area contributed by atoms with Crippen LogP contribution in [-0.4, -0.2) is 31.1 Å². The first-order valence-electron chi connectivity index (χ1n) is 6.76. The standard InChI is InChI=1S/C13H20N2.C2H6/c1-11-4-3-5-13(10-11)14-12-6-8-15(2)9-7-12;1-2/h3-5,10,12,14H,6-9H2,1-2H3;1-2H3. The maximum Gasteiger partial charge on any atom is 0.0344 e. The van der Waals surface area contributed by atoms with Gasteiger partial charge in [-0.25, -0.2) is 0 Å². The van der Waals surface area contributed by atoms with Crippen LogP contribution in [0.5, 0.6) is 0 Å². The van der Waals surface area contributed by atoms with Crippen molar-refractivity contribution in [1.82, 2.24) is 4.90 Å². The number of piperidine rings is 1. The van der Waals surface area contributed by atoms with Crippen LogP contribution in [0.4, 0.5) is 5.69 Å². The summed E-state index contributed by atoms with van der Waals surface area (Å²) in [5, 5.41) is 3.62. The van der Waals surface area contributed by atoms with E-state index < -0.39 is 0 Å². The predicted molar refractivity (Wildman–Crippen MR) is 76.7 cm³/mol. The molecular formula is C15H26N2. The average Bonchev–Trinajstić information content (AvgIpc) is 2.35. The first kappa shape index (κ1) is 14.0. The van der Waals surface area contributed by atoms with Crippen LogP contribution in [0.25, 0.3) is 0 Å². The van der Waals surface area contributed by atoms with Crippen molar-refractivity contribution >= 4 is 5.69 Å². The molecule has 1 N–H and O–H groups in total. The molecule has 1 saturated heterocycles. The molecule has 0 aromatic heterocycles. The quantitative estimate of drug-likeness (QED) is 0.842. The molecule has 1 fully saturated rings. The zero-order valence-electron chi connectivity index (χ0n) is 11.7. The number of anilines is 1. The van der Waals surface area contributed by atoms with E-state index in [1.165, 1.54) is 37.2 Å². The number of likely N-dealkylation sites (tertiary alicyclic amines) is 1. The normalized spacial score (nSPS) is 17.2. The molecule has 2 rings (SSSR count). The molecule has 1 aromatic rings. The van der Waals surface area contributed by atoms with E-state index >= 15 is 0 Å². The molecule has 0 bridgehead atoms. The van der Waals surface area contributed by atoms with Crippen molar-refractivity contribution in [2.75, 3.05) is 25.5 Å². The molecule has 96 valence electrons. The van der Waals surface area contributed by atoms with Crippen molar-refractivity contribution in [3.63, 3.8) is 0 Å². The molecule has 0 unspecified atom stereocenters. The first-order chi connectivity index (χ1) is 8.24. The predicted octanol–water partition coefficient (Wildman–Crippen LogP) is 3.53. The van der Waals surface area contributed by atoms with Crippen molar-refractivity contribution in [2.45, 2.75) is 39.7 Å². The Labute approximate surface area is 106 Å². The highest BCUT2D eigenvalue weighted by Gasteiger charge is 2.15. The molecule has 0 radical (unpaired) electrons. The number of aryl methyl sites for hydroxylation is 1. The Hall–Kier alpha value is -1.02. The molecule has 0 spiro atoms. The van der Waals surface area contributed by atoms with Gasteiger partial charge >= 0.3 is 0 Å². The number of rotatable bonds is 2. The van der Waals surface area contributed by atoms with Gasteiger partial charge in [-0.2, -0.15) is 0 Å². The number of nitrogens with zero attached hydrogens (tertiary/aromatic N) is 1. The van der Waals surface area contributed by atoms with Crippen molar-refractivity contribution in [2.24, 2.45) is 0 Å². The smallest absolute Gasteiger partial charge is 0.0344 e. The van der Waals surface area contributed by atoms with E-state index in [4.69, 9.17) is 0 Å². The second-order valence-electron chi connectivity index (χ2n) is 4.59. The molecular weight excluding hydrogens is 208 g/mol. The summed E-state index contributed by atoms with van der Waals surface area (Å²) in [6.45, 7) is 8.56. The summed E-state index contributed by atoms with van der Waals surface area (Å²) < 4.78 is 0. The Kier molecular flexibility index (Phi) is 6.06. The van der Waals surface area contributed by atoms with Crippen molar-refractivity contribution in [3.8, 4) is 0 Å². The van der Waals surface area contributed by atoms with Gasteiger partial charge < -0.3 is 10.2 Å². The van der Waals surface area contributed by atoms with E-state index in [1.807, 2.05) is 13.8 Å². The lowest BCUT2D eigenvalue weighted by atomic mass is 10.0. The minimum absolute atomic E-state index is 0.656. The van der Waals surface area contributed by atoms with Crippen LogP contribution < -0.4 is 5.32 Å². The lowest BCUT2D eigenvalue weighted by Crippen LogP contribution is -2.36. The molecule has 1 aromatic carbocycles. The maximum absolute atomic E-state index is 3.62. The molecule has 2 nitrogen and oxygen atoms in total. The summed E-state index contributed by atoms with van der Waals surface area (Å²) in [5.74, 6) is 0. The SMILES string of the molecule is CC.Cc1cccc(NC2CCN(C)CC2)c1. The Morgan fingerprint density at radius 1 is 1.18 bits per heavy atom. The van der Waals surface area contributed by atoms with Gasteiger partial charge in [0.25, 0.3) is 0 Å². The van der Waals surface area contributed by atoms with E-state index in [-0.39, 0.29) is 0 Å². The van der Waals surface area contributed by atoms with E-state index in [2.05, 4.69) is 48.5 Å². The van der Waals surface area contributed by atoms with Gasteiger partial charge in [-0.15, -0.1) is 0 Å². The van der Waals surface area contributed by atoms with Gasteiger partial charge in [-0.05, 0) is 57.6 Å². The van der Waals surface area contributed by atoms with Gasteiger partial charge in [0.05, 0.1) is 0 Å². The Morgan fingerprint density at radius 2 is 1.82 bits per heavy atom. The summed E-state index contributed by atoms with van der Waals surface area (Å²) in [5.41, 5.74) is 2.59. The van der Waals surface area contributed by atoms with E-state index in [1.54, 1.807) is 0 Å². The molecule has 0 saturated carbocycles. The Morgan fingerprint density at radius 3 is 2.41 bits per heavy atom. The van der Waals surface area contributed by atoms with Crippen molar-refractivity contribution < 1.29 is 0 Å². The molecule has 0 amide bonds. The van der Waals surface area contributed by atoms with Crippen LogP contribution >= 0.6 is 0 Å².